The smallest absolute Gasteiger partial charge is 0.264 e. The summed E-state index contributed by atoms with van der Waals surface area (Å²) in [5.74, 6) is 0.246. The molecule has 0 radical (unpaired) electrons. The van der Waals surface area contributed by atoms with E-state index in [1.54, 1.807) is 42.5 Å². The van der Waals surface area contributed by atoms with E-state index in [1.165, 1.54) is 4.31 Å². The Morgan fingerprint density at radius 2 is 1.88 bits per heavy atom. The molecule has 3 rings (SSSR count). The number of nitrogens with one attached hydrogen (secondary N) is 1. The van der Waals surface area contributed by atoms with E-state index in [0.29, 0.717) is 36.7 Å². The zero-order valence-corrected chi connectivity index (χ0v) is 17.1. The van der Waals surface area contributed by atoms with Gasteiger partial charge in [-0.15, -0.1) is 0 Å². The fourth-order valence-electron chi connectivity index (χ4n) is 2.90. The number of anilines is 1. The maximum absolute atomic E-state index is 12.9. The number of carbonyl (C=O) groups excluding carboxylic acids is 1. The van der Waals surface area contributed by atoms with Crippen LogP contribution in [0.3, 0.4) is 0 Å². The van der Waals surface area contributed by atoms with Gasteiger partial charge in [-0.05, 0) is 60.4 Å². The zero-order valence-electron chi connectivity index (χ0n) is 14.7. The van der Waals surface area contributed by atoms with Crippen LogP contribution in [0.5, 0.6) is 0 Å². The highest BCUT2D eigenvalue weighted by Crippen LogP contribution is 2.33. The number of sulfonamides is 1. The summed E-state index contributed by atoms with van der Waals surface area (Å²) in [5, 5.41) is 2.89. The Balaban J connectivity index is 1.86. The molecule has 0 bridgehead atoms. The third kappa shape index (κ3) is 3.78. The summed E-state index contributed by atoms with van der Waals surface area (Å²) in [7, 11) is -3.61. The molecular weight excluding hydrogens is 416 g/mol. The lowest BCUT2D eigenvalue weighted by Gasteiger charge is -2.20. The van der Waals surface area contributed by atoms with E-state index in [4.69, 9.17) is 0 Å². The molecule has 0 atom stereocenters. The first kappa shape index (κ1) is 18.9. The molecular formula is C19H21BrN2O3S. The Hall–Kier alpha value is -1.86. The van der Waals surface area contributed by atoms with E-state index < -0.39 is 10.0 Å². The lowest BCUT2D eigenvalue weighted by atomic mass is 10.1. The minimum Gasteiger partial charge on any atom is -0.352 e. The quantitative estimate of drug-likeness (QED) is 0.778. The van der Waals surface area contributed by atoms with Gasteiger partial charge in [0, 0.05) is 23.1 Å². The standard InChI is InChI=1S/C19H21BrN2O3S/c1-13(2)12-21-19(23)15-3-8-18-14(11-15)9-10-22(18)26(24,25)17-6-4-16(20)5-7-17/h3-8,11,13H,9-10,12H2,1-2H3,(H,21,23). The number of halogens is 1. The molecule has 1 heterocycles. The van der Waals surface area contributed by atoms with Crippen LogP contribution in [0.1, 0.15) is 29.8 Å². The molecule has 26 heavy (non-hydrogen) atoms. The van der Waals surface area contributed by atoms with Crippen LogP contribution in [-0.2, 0) is 16.4 Å². The minimum absolute atomic E-state index is 0.129. The number of fused-ring (bicyclic) bond motifs is 1. The average Bonchev–Trinajstić information content (AvgIpc) is 3.04. The number of nitrogens with zero attached hydrogens (tertiary/aromatic N) is 1. The molecule has 1 N–H and O–H groups in total. The first-order valence-electron chi connectivity index (χ1n) is 8.48. The Labute approximate surface area is 162 Å². The highest BCUT2D eigenvalue weighted by atomic mass is 79.9. The van der Waals surface area contributed by atoms with Crippen LogP contribution in [-0.4, -0.2) is 27.4 Å². The zero-order chi connectivity index (χ0) is 18.9. The van der Waals surface area contributed by atoms with Gasteiger partial charge < -0.3 is 5.32 Å². The van der Waals surface area contributed by atoms with Gasteiger partial charge in [0.25, 0.3) is 15.9 Å². The number of hydrogen-bond donors (Lipinski definition) is 1. The maximum atomic E-state index is 12.9. The molecule has 0 aromatic heterocycles. The number of benzene rings is 2. The van der Waals surface area contributed by atoms with Gasteiger partial charge in [0.1, 0.15) is 0 Å². The highest BCUT2D eigenvalue weighted by molar-refractivity contribution is 9.10. The normalized spacial score (nSPS) is 13.8. The van der Waals surface area contributed by atoms with Gasteiger partial charge >= 0.3 is 0 Å². The van der Waals surface area contributed by atoms with Crippen molar-refractivity contribution in [3.63, 3.8) is 0 Å². The van der Waals surface area contributed by atoms with Crippen molar-refractivity contribution in [1.82, 2.24) is 5.32 Å². The van der Waals surface area contributed by atoms with Crippen LogP contribution in [0.4, 0.5) is 5.69 Å². The lowest BCUT2D eigenvalue weighted by molar-refractivity contribution is 0.0949. The van der Waals surface area contributed by atoms with Crippen molar-refractivity contribution in [2.45, 2.75) is 25.2 Å². The maximum Gasteiger partial charge on any atom is 0.264 e. The fraction of sp³-hybridized carbons (Fsp3) is 0.316. The van der Waals surface area contributed by atoms with Gasteiger partial charge in [0.15, 0.2) is 0 Å². The molecule has 0 aliphatic carbocycles. The van der Waals surface area contributed by atoms with Crippen molar-refractivity contribution in [3.05, 3.63) is 58.1 Å². The largest absolute Gasteiger partial charge is 0.352 e. The van der Waals surface area contributed by atoms with Crippen LogP contribution in [0.15, 0.2) is 51.8 Å². The third-order valence-electron chi connectivity index (χ3n) is 4.27. The van der Waals surface area contributed by atoms with Crippen molar-refractivity contribution < 1.29 is 13.2 Å². The van der Waals surface area contributed by atoms with Crippen molar-refractivity contribution in [1.29, 1.82) is 0 Å². The van der Waals surface area contributed by atoms with Gasteiger partial charge in [0.2, 0.25) is 0 Å². The number of carbonyl (C=O) groups is 1. The van der Waals surface area contributed by atoms with Gasteiger partial charge in [-0.1, -0.05) is 29.8 Å². The molecule has 1 aliphatic rings. The Morgan fingerprint density at radius 3 is 2.54 bits per heavy atom. The van der Waals surface area contributed by atoms with Crippen molar-refractivity contribution in [3.8, 4) is 0 Å². The summed E-state index contributed by atoms with van der Waals surface area (Å²) < 4.78 is 28.1. The Bertz CT molecular complexity index is 924. The second-order valence-electron chi connectivity index (χ2n) is 6.73. The highest BCUT2D eigenvalue weighted by Gasteiger charge is 2.31. The topological polar surface area (TPSA) is 66.5 Å². The summed E-state index contributed by atoms with van der Waals surface area (Å²) in [6.45, 7) is 5.06. The predicted molar refractivity (Wildman–Crippen MR) is 106 cm³/mol. The van der Waals surface area contributed by atoms with Crippen molar-refractivity contribution >= 4 is 37.5 Å². The van der Waals surface area contributed by atoms with E-state index >= 15 is 0 Å². The molecule has 0 spiro atoms. The molecule has 0 saturated heterocycles. The molecule has 1 aliphatic heterocycles. The Kier molecular flexibility index (Phi) is 5.39. The van der Waals surface area contributed by atoms with Gasteiger partial charge in [-0.2, -0.15) is 0 Å². The molecule has 0 unspecified atom stereocenters. The SMILES string of the molecule is CC(C)CNC(=O)c1ccc2c(c1)CCN2S(=O)(=O)c1ccc(Br)cc1. The van der Waals surface area contributed by atoms with Crippen LogP contribution in [0.2, 0.25) is 0 Å². The van der Waals surface area contributed by atoms with Crippen LogP contribution < -0.4 is 9.62 Å². The van der Waals surface area contributed by atoms with Gasteiger partial charge in [0.05, 0.1) is 10.6 Å². The van der Waals surface area contributed by atoms with E-state index in [2.05, 4.69) is 21.2 Å². The molecule has 0 saturated carbocycles. The molecule has 1 amide bonds. The number of amides is 1. The van der Waals surface area contributed by atoms with Gasteiger partial charge in [-0.3, -0.25) is 9.10 Å². The molecule has 7 heteroatoms. The van der Waals surface area contributed by atoms with E-state index in [0.717, 1.165) is 10.0 Å². The second kappa shape index (κ2) is 7.40. The monoisotopic (exact) mass is 436 g/mol. The van der Waals surface area contributed by atoms with E-state index in [-0.39, 0.29) is 10.8 Å². The van der Waals surface area contributed by atoms with Crippen LogP contribution in [0, 0.1) is 5.92 Å². The molecule has 0 fully saturated rings. The number of hydrogen-bond acceptors (Lipinski definition) is 3. The predicted octanol–water partition coefficient (Wildman–Crippen LogP) is 3.59. The molecule has 138 valence electrons. The van der Waals surface area contributed by atoms with E-state index in [1.807, 2.05) is 13.8 Å². The third-order valence-corrected chi connectivity index (χ3v) is 6.62. The summed E-state index contributed by atoms with van der Waals surface area (Å²) >= 11 is 3.32. The summed E-state index contributed by atoms with van der Waals surface area (Å²) in [4.78, 5) is 12.5. The van der Waals surface area contributed by atoms with Gasteiger partial charge in [-0.25, -0.2) is 8.42 Å². The van der Waals surface area contributed by atoms with Crippen molar-refractivity contribution in [2.24, 2.45) is 5.92 Å². The van der Waals surface area contributed by atoms with Crippen molar-refractivity contribution in [2.75, 3.05) is 17.4 Å². The van der Waals surface area contributed by atoms with Crippen LogP contribution >= 0.6 is 15.9 Å². The minimum atomic E-state index is -3.61. The summed E-state index contributed by atoms with van der Waals surface area (Å²) in [6.07, 6.45) is 0.594. The molecule has 5 nitrogen and oxygen atoms in total. The lowest BCUT2D eigenvalue weighted by Crippen LogP contribution is -2.29. The molecule has 2 aromatic carbocycles. The second-order valence-corrected chi connectivity index (χ2v) is 9.51. The average molecular weight is 437 g/mol. The Morgan fingerprint density at radius 1 is 1.19 bits per heavy atom. The number of rotatable bonds is 5. The molecule has 2 aromatic rings. The summed E-state index contributed by atoms with van der Waals surface area (Å²) in [6, 6.07) is 11.8. The first-order valence-corrected chi connectivity index (χ1v) is 10.7. The van der Waals surface area contributed by atoms with Crippen LogP contribution in [0.25, 0.3) is 0 Å². The summed E-state index contributed by atoms with van der Waals surface area (Å²) in [5.41, 5.74) is 2.09. The van der Waals surface area contributed by atoms with E-state index in [9.17, 15) is 13.2 Å². The fourth-order valence-corrected chi connectivity index (χ4v) is 4.66. The first-order chi connectivity index (χ1) is 12.3.